The van der Waals surface area contributed by atoms with E-state index in [1.54, 1.807) is 181 Å². The average molecular weight is 2360 g/mol. The van der Waals surface area contributed by atoms with Gasteiger partial charge in [0, 0.05) is 113 Å². The van der Waals surface area contributed by atoms with Crippen LogP contribution in [0.4, 0.5) is 9.59 Å². The van der Waals surface area contributed by atoms with Crippen LogP contribution in [-0.4, -0.2) is 113 Å². The molecule has 26 nitrogen and oxygen atoms in total. The molecule has 2 unspecified atom stereocenters. The topological polar surface area (TPSA) is 322 Å². The second-order valence-corrected chi connectivity index (χ2v) is 32.9. The molecular weight excluding hydrogens is 2250 g/mol. The summed E-state index contributed by atoms with van der Waals surface area (Å²) in [7, 11) is 0. The summed E-state index contributed by atoms with van der Waals surface area (Å²) in [5.74, 6) is 1.07. The van der Waals surface area contributed by atoms with Crippen molar-refractivity contribution in [1.82, 2.24) is 49.7 Å². The third-order valence-electron chi connectivity index (χ3n) is 22.2. The zero-order chi connectivity index (χ0) is 105. The van der Waals surface area contributed by atoms with Crippen LogP contribution >= 0.6 is 0 Å². The molecule has 0 saturated carbocycles. The van der Waals surface area contributed by atoms with E-state index in [0.29, 0.717) is 78.6 Å². The number of nitrogens with one attached hydrogen (secondary N) is 2. The average Bonchev–Trinajstić information content (AvgIpc) is 1.60. The van der Waals surface area contributed by atoms with E-state index in [4.69, 9.17) is 37.9 Å². The SMILES string of the molecule is C=C(C)C(=O)OCCNC(=O)Oc1cc[c-]c(-c2ccccn2)c1.C=Cn1c2ccccc2c2ccccc21.CCC(=O)Oc1cc[c-]c(-c2ccccn2)c1.CCC(=O)Oc1cc[c-]c(-c2ccccn2)c1.CCC(=O)Oc1cc[c-]c(-c2ccccn2)c1.CCC(=O)Oc1cc[c-]c(-c2ccccn2)c1.CCC(C)(CC(C)n1c2ccccc2c2ccccc21)C(=O)OCCNC(=O)Oc1cc[c-]c(-c2ccccn2)c1.[Ir+3].[Ir+3]. The molecular formula is C122H110Ir2N10O16. The standard InChI is InChI=1S/C34H34N3O4.C18H17N2O4.4C14H12NO2.C14H11N.2Ir/c1-4-34(3,23-24(2)37-30-17-7-5-14-27(30)28-15-6-8-18-31(28)37)32(38)40-21-20-36-33(39)41-26-13-11-12-25(22-26)29-16-9-10-19-35-29;1-13(2)17(21)23-11-10-20-18(22)24-15-7-5-6-14(12-15)16-8-3-4-9-19-16;4*1-2-14(16)17-12-7-5-6-11(10-12)13-8-3-4-9-15-13;1-2-15-13-9-5-3-7-11(13)12-8-4-6-10-14(12)15;;/h5-11,13-19,22,24H,4,20-21,23H2,1-3H3,(H,36,39);3-5,7-9,12H,1,10-11H2,2H3,(H,20,22);4*3-5,7-10H,2H2,1H3;2-10H,1H2;;/q6*-1;;2*+3. The molecule has 2 N–H and O–H groups in total. The third kappa shape index (κ3) is 34.5. The maximum atomic E-state index is 13.3. The number of hydrogen-bond acceptors (Lipinski definition) is 22. The fourth-order valence-corrected chi connectivity index (χ4v) is 14.8. The monoisotopic (exact) mass is 2360 g/mol. The summed E-state index contributed by atoms with van der Waals surface area (Å²) in [6.07, 6.45) is 13.5. The Balaban J connectivity index is 0.000000185. The van der Waals surface area contributed by atoms with Crippen LogP contribution in [0.5, 0.6) is 34.5 Å². The summed E-state index contributed by atoms with van der Waals surface area (Å²) >= 11 is 0. The maximum absolute atomic E-state index is 13.3. The van der Waals surface area contributed by atoms with Gasteiger partial charge in [0.2, 0.25) is 0 Å². The molecule has 28 heteroatoms. The second kappa shape index (κ2) is 60.1. The predicted molar refractivity (Wildman–Crippen MR) is 573 cm³/mol. The molecule has 10 aromatic carbocycles. The number of pyridine rings is 6. The minimum absolute atomic E-state index is 0. The minimum atomic E-state index is -0.686. The Bertz CT molecular complexity index is 6980. The Kier molecular flexibility index (Phi) is 46.0. The van der Waals surface area contributed by atoms with Gasteiger partial charge in [-0.1, -0.05) is 193 Å². The van der Waals surface area contributed by atoms with E-state index in [2.05, 4.69) is 191 Å². The fourth-order valence-electron chi connectivity index (χ4n) is 14.8. The van der Waals surface area contributed by atoms with Crippen LogP contribution in [0.25, 0.3) is 117 Å². The molecule has 0 saturated heterocycles. The van der Waals surface area contributed by atoms with Crippen molar-refractivity contribution < 1.29 is 116 Å². The summed E-state index contributed by atoms with van der Waals surface area (Å²) in [5, 5.41) is 10.1. The molecule has 18 rings (SSSR count). The molecule has 8 heterocycles. The number of nitrogens with zero attached hydrogens (tertiary/aromatic N) is 8. The molecule has 0 radical (unpaired) electrons. The summed E-state index contributed by atoms with van der Waals surface area (Å²) in [6, 6.07) is 116. The summed E-state index contributed by atoms with van der Waals surface area (Å²) in [6.45, 7) is 22.4. The largest absolute Gasteiger partial charge is 3.00 e. The Morgan fingerprint density at radius 2 is 0.600 bits per heavy atom. The Labute approximate surface area is 899 Å². The van der Waals surface area contributed by atoms with Crippen LogP contribution in [0.1, 0.15) is 100.0 Å². The normalized spacial score (nSPS) is 10.9. The summed E-state index contributed by atoms with van der Waals surface area (Å²) in [5.41, 5.74) is 13.7. The van der Waals surface area contributed by atoms with Gasteiger partial charge in [0.25, 0.3) is 0 Å². The van der Waals surface area contributed by atoms with Crippen LogP contribution in [0.2, 0.25) is 0 Å². The van der Waals surface area contributed by atoms with Gasteiger partial charge in [-0.25, -0.2) is 14.4 Å². The molecule has 0 fully saturated rings. The molecule has 0 spiro atoms. The first kappa shape index (κ1) is 115. The number of ether oxygens (including phenoxy) is 8. The van der Waals surface area contributed by atoms with Gasteiger partial charge in [-0.05, 0) is 128 Å². The molecule has 18 aromatic rings. The quantitative estimate of drug-likeness (QED) is 0.0145. The van der Waals surface area contributed by atoms with Gasteiger partial charge in [0.05, 0.1) is 64.0 Å². The van der Waals surface area contributed by atoms with Crippen LogP contribution in [0.15, 0.2) is 371 Å². The number of amides is 2. The second-order valence-electron chi connectivity index (χ2n) is 32.9. The van der Waals surface area contributed by atoms with Crippen molar-refractivity contribution >= 4 is 97.8 Å². The number of carbonyl (C=O) groups is 8. The minimum Gasteiger partial charge on any atom is -0.463 e. The third-order valence-corrected chi connectivity index (χ3v) is 22.2. The van der Waals surface area contributed by atoms with E-state index < -0.39 is 23.6 Å². The number of para-hydroxylation sites is 4. The summed E-state index contributed by atoms with van der Waals surface area (Å²) < 4.78 is 46.1. The van der Waals surface area contributed by atoms with Crippen molar-refractivity contribution in [3.05, 3.63) is 408 Å². The van der Waals surface area contributed by atoms with Gasteiger partial charge in [0.1, 0.15) is 13.2 Å². The van der Waals surface area contributed by atoms with Crippen LogP contribution < -0.4 is 39.1 Å². The number of benzene rings is 10. The van der Waals surface area contributed by atoms with Gasteiger partial charge in [-0.2, -0.15) is 0 Å². The molecule has 762 valence electrons. The number of esters is 6. The molecule has 8 aromatic heterocycles. The molecule has 2 amide bonds. The van der Waals surface area contributed by atoms with Crippen LogP contribution in [-0.2, 0) is 78.5 Å². The van der Waals surface area contributed by atoms with Crippen molar-refractivity contribution in [2.75, 3.05) is 26.3 Å². The van der Waals surface area contributed by atoms with Crippen LogP contribution in [0.3, 0.4) is 0 Å². The van der Waals surface area contributed by atoms with Gasteiger partial charge >= 0.3 is 88.2 Å². The van der Waals surface area contributed by atoms with Gasteiger partial charge in [0.15, 0.2) is 0 Å². The Hall–Kier alpha value is -17.2. The summed E-state index contributed by atoms with van der Waals surface area (Å²) in [4.78, 5) is 119. The van der Waals surface area contributed by atoms with Crippen LogP contribution in [0, 0.1) is 41.8 Å². The first-order chi connectivity index (χ1) is 72.0. The van der Waals surface area contributed by atoms with Gasteiger partial charge in [-0.3, -0.25) is 24.0 Å². The number of carbonyl (C=O) groups excluding carboxylic acids is 8. The van der Waals surface area contributed by atoms with Crippen molar-refractivity contribution in [2.24, 2.45) is 5.41 Å². The first-order valence-corrected chi connectivity index (χ1v) is 48.0. The number of fused-ring (bicyclic) bond motifs is 6. The van der Waals surface area contributed by atoms with E-state index in [1.165, 1.54) is 32.6 Å². The zero-order valence-electron chi connectivity index (χ0n) is 83.9. The molecule has 0 bridgehead atoms. The molecule has 0 aliphatic heterocycles. The molecule has 0 aliphatic rings. The van der Waals surface area contributed by atoms with Gasteiger partial charge < -0.3 is 87.6 Å². The van der Waals surface area contributed by atoms with E-state index in [0.717, 1.165) is 78.6 Å². The number of aromatic nitrogens is 8. The van der Waals surface area contributed by atoms with Crippen molar-refractivity contribution in [1.29, 1.82) is 0 Å². The Morgan fingerprint density at radius 1 is 0.353 bits per heavy atom. The Morgan fingerprint density at radius 3 is 0.847 bits per heavy atom. The van der Waals surface area contributed by atoms with E-state index in [1.807, 2.05) is 141 Å². The van der Waals surface area contributed by atoms with Crippen molar-refractivity contribution in [3.63, 3.8) is 0 Å². The number of rotatable bonds is 29. The van der Waals surface area contributed by atoms with E-state index in [9.17, 15) is 38.4 Å². The molecule has 0 aliphatic carbocycles. The van der Waals surface area contributed by atoms with Crippen molar-refractivity contribution in [3.8, 4) is 102 Å². The smallest absolute Gasteiger partial charge is 0.463 e. The number of hydrogen-bond donors (Lipinski definition) is 2. The van der Waals surface area contributed by atoms with Gasteiger partial charge in [-0.15, -0.1) is 179 Å². The maximum Gasteiger partial charge on any atom is 3.00 e. The zero-order valence-corrected chi connectivity index (χ0v) is 88.7. The molecule has 2 atom stereocenters. The predicted octanol–water partition coefficient (Wildman–Crippen LogP) is 25.5. The van der Waals surface area contributed by atoms with E-state index in [-0.39, 0.29) is 102 Å². The first-order valence-electron chi connectivity index (χ1n) is 48.0. The fraction of sp³-hybridized carbons (Fsp3) is 0.164. The van der Waals surface area contributed by atoms with E-state index >= 15 is 0 Å². The molecule has 150 heavy (non-hydrogen) atoms. The van der Waals surface area contributed by atoms with Crippen molar-refractivity contribution in [2.45, 2.75) is 100.0 Å².